The van der Waals surface area contributed by atoms with Crippen molar-refractivity contribution in [1.82, 2.24) is 5.43 Å². The Labute approximate surface area is 138 Å². The van der Waals surface area contributed by atoms with Gasteiger partial charge in [0.1, 0.15) is 0 Å². The van der Waals surface area contributed by atoms with Crippen LogP contribution in [0.15, 0.2) is 23.1 Å². The fourth-order valence-electron chi connectivity index (χ4n) is 0.246. The molecule has 19 heavy (non-hydrogen) atoms. The predicted octanol–water partition coefficient (Wildman–Crippen LogP) is 5.28. The van der Waals surface area contributed by atoms with Crippen LogP contribution < -0.4 is 5.43 Å². The minimum atomic E-state index is 0. The molecule has 0 amide bonds. The van der Waals surface area contributed by atoms with Gasteiger partial charge in [0.05, 0.1) is 12.4 Å². The zero-order valence-electron chi connectivity index (χ0n) is 13.9. The molecule has 0 aromatic rings. The molecule has 0 aliphatic carbocycles. The Morgan fingerprint density at radius 1 is 0.789 bits per heavy atom. The summed E-state index contributed by atoms with van der Waals surface area (Å²) in [6.07, 6.45) is 12.9. The third-order valence-corrected chi connectivity index (χ3v) is 1.97. The van der Waals surface area contributed by atoms with E-state index in [1.807, 2.05) is 0 Å². The molecule has 1 rings (SSSR count). The molecule has 0 fully saturated rings. The number of nitrogens with zero attached hydrogens (tertiary/aromatic N) is 1. The third-order valence-electron chi connectivity index (χ3n) is 1.97. The number of rotatable bonds is 3. The molecule has 0 unspecified atom stereocenters. The van der Waals surface area contributed by atoms with Gasteiger partial charge >= 0.3 is 0 Å². The number of hydrazone groups is 1. The van der Waals surface area contributed by atoms with E-state index in [9.17, 15) is 0 Å². The fraction of sp³-hybridized carbons (Fsp3) is 0.750. The molecule has 0 saturated carbocycles. The molecular weight excluding hydrogens is 339 g/mol. The molecule has 0 aromatic heterocycles. The summed E-state index contributed by atoms with van der Waals surface area (Å²) in [5.41, 5.74) is 5.36. The van der Waals surface area contributed by atoms with E-state index >= 15 is 0 Å². The Morgan fingerprint density at radius 3 is 1.21 bits per heavy atom. The third kappa shape index (κ3) is 57.4. The van der Waals surface area contributed by atoms with Crippen molar-refractivity contribution in [3.05, 3.63) is 18.0 Å². The van der Waals surface area contributed by atoms with Crippen LogP contribution in [0.25, 0.3) is 0 Å². The van der Waals surface area contributed by atoms with Gasteiger partial charge in [0.2, 0.25) is 0 Å². The van der Waals surface area contributed by atoms with Crippen LogP contribution in [0.5, 0.6) is 0 Å². The molecule has 3 heteroatoms. The zero-order chi connectivity index (χ0) is 14.5. The molecular formula is C16H34N2Sn. The van der Waals surface area contributed by atoms with Gasteiger partial charge in [0.15, 0.2) is 0 Å². The molecule has 0 atom stereocenters. The van der Waals surface area contributed by atoms with Crippen LogP contribution in [0.1, 0.15) is 80.1 Å². The summed E-state index contributed by atoms with van der Waals surface area (Å²) < 4.78 is 0. The van der Waals surface area contributed by atoms with Crippen LogP contribution in [0, 0.1) is 0 Å². The van der Waals surface area contributed by atoms with E-state index in [1.165, 1.54) is 38.5 Å². The number of hydrogen-bond acceptors (Lipinski definition) is 2. The van der Waals surface area contributed by atoms with Crippen LogP contribution in [-0.2, 0) is 0 Å². The summed E-state index contributed by atoms with van der Waals surface area (Å²) in [5, 5.41) is 3.63. The SMILES string of the molecule is C1=CC=NNC=1.CCCC.CCCC.CCCC.[Sn]. The number of nitrogens with one attached hydrogen (secondary N) is 1. The van der Waals surface area contributed by atoms with Crippen molar-refractivity contribution in [3.8, 4) is 0 Å². The molecule has 1 aliphatic rings. The van der Waals surface area contributed by atoms with Crippen molar-refractivity contribution < 1.29 is 0 Å². The first kappa shape index (κ1) is 27.2. The van der Waals surface area contributed by atoms with Gasteiger partial charge in [-0.15, -0.1) is 0 Å². The van der Waals surface area contributed by atoms with Crippen LogP contribution in [0.3, 0.4) is 0 Å². The van der Waals surface area contributed by atoms with E-state index in [2.05, 4.69) is 57.8 Å². The van der Waals surface area contributed by atoms with Gasteiger partial charge in [-0.1, -0.05) is 85.8 Å². The average molecular weight is 373 g/mol. The number of unbranched alkanes of at least 4 members (excludes halogenated alkanes) is 3. The van der Waals surface area contributed by atoms with Crippen molar-refractivity contribution >= 4 is 30.1 Å². The molecule has 1 aliphatic heterocycles. The maximum Gasteiger partial charge on any atom is 0.0619 e. The van der Waals surface area contributed by atoms with Crippen LogP contribution in [0.4, 0.5) is 0 Å². The first-order valence-corrected chi connectivity index (χ1v) is 7.42. The van der Waals surface area contributed by atoms with E-state index in [4.69, 9.17) is 0 Å². The molecule has 0 aromatic carbocycles. The maximum absolute atomic E-state index is 3.63. The van der Waals surface area contributed by atoms with Crippen molar-refractivity contribution in [2.24, 2.45) is 5.10 Å². The second-order valence-corrected chi connectivity index (χ2v) is 3.88. The summed E-state index contributed by atoms with van der Waals surface area (Å²) in [6, 6.07) is 0. The summed E-state index contributed by atoms with van der Waals surface area (Å²) in [6.45, 7) is 13.1. The number of allylic oxidation sites excluding steroid dienone is 1. The minimum Gasteiger partial charge on any atom is -0.278 e. The summed E-state index contributed by atoms with van der Waals surface area (Å²) in [5.74, 6) is 0. The summed E-state index contributed by atoms with van der Waals surface area (Å²) in [4.78, 5) is 0. The van der Waals surface area contributed by atoms with Crippen molar-refractivity contribution in [2.45, 2.75) is 80.1 Å². The zero-order valence-corrected chi connectivity index (χ0v) is 16.8. The summed E-state index contributed by atoms with van der Waals surface area (Å²) in [7, 11) is 0. The molecule has 112 valence electrons. The van der Waals surface area contributed by atoms with E-state index in [0.29, 0.717) is 0 Å². The minimum absolute atomic E-state index is 0. The first-order chi connectivity index (χ1) is 8.74. The van der Waals surface area contributed by atoms with Gasteiger partial charge in [0, 0.05) is 30.0 Å². The smallest absolute Gasteiger partial charge is 0.0619 e. The molecule has 4 radical (unpaired) electrons. The standard InChI is InChI=1S/C4H4N2.3C4H10.Sn/c1-2-4-6-5-3-1;3*1-3-4-2;/h1,3-4,6H;3*3-4H2,1-2H3;. The van der Waals surface area contributed by atoms with Crippen LogP contribution in [-0.4, -0.2) is 30.1 Å². The molecule has 1 N–H and O–H groups in total. The Morgan fingerprint density at radius 2 is 1.16 bits per heavy atom. The topological polar surface area (TPSA) is 24.4 Å². The van der Waals surface area contributed by atoms with Gasteiger partial charge < -0.3 is 0 Å². The van der Waals surface area contributed by atoms with E-state index in [1.54, 1.807) is 18.5 Å². The normalized spacial score (nSPS) is 9.37. The molecule has 0 bridgehead atoms. The van der Waals surface area contributed by atoms with E-state index in [-0.39, 0.29) is 23.9 Å². The first-order valence-electron chi connectivity index (χ1n) is 7.42. The fourth-order valence-corrected chi connectivity index (χ4v) is 0.246. The van der Waals surface area contributed by atoms with Gasteiger partial charge in [-0.25, -0.2) is 0 Å². The predicted molar refractivity (Wildman–Crippen MR) is 91.8 cm³/mol. The second kappa shape index (κ2) is 36.1. The van der Waals surface area contributed by atoms with Crippen LogP contribution >= 0.6 is 0 Å². The van der Waals surface area contributed by atoms with Crippen molar-refractivity contribution in [1.29, 1.82) is 0 Å². The maximum atomic E-state index is 3.63. The van der Waals surface area contributed by atoms with Gasteiger partial charge in [-0.2, -0.15) is 5.10 Å². The van der Waals surface area contributed by atoms with Gasteiger partial charge in [-0.05, 0) is 0 Å². The molecule has 0 spiro atoms. The molecule has 2 nitrogen and oxygen atoms in total. The Hall–Kier alpha value is -0.211. The monoisotopic (exact) mass is 374 g/mol. The van der Waals surface area contributed by atoms with E-state index < -0.39 is 0 Å². The Kier molecular flexibility index (Phi) is 51.6. The molecule has 1 heterocycles. The van der Waals surface area contributed by atoms with E-state index in [0.717, 1.165) is 0 Å². The second-order valence-electron chi connectivity index (χ2n) is 3.88. The molecule has 0 saturated heterocycles. The largest absolute Gasteiger partial charge is 0.278 e. The van der Waals surface area contributed by atoms with Crippen LogP contribution in [0.2, 0.25) is 0 Å². The average Bonchev–Trinajstić information content (AvgIpc) is 2.49. The Balaban J connectivity index is -0.0000000796. The van der Waals surface area contributed by atoms with Gasteiger partial charge in [-0.3, -0.25) is 5.43 Å². The van der Waals surface area contributed by atoms with Crippen molar-refractivity contribution in [3.63, 3.8) is 0 Å². The quantitative estimate of drug-likeness (QED) is 0.528. The Bertz CT molecular complexity index is 179. The van der Waals surface area contributed by atoms with Crippen molar-refractivity contribution in [2.75, 3.05) is 0 Å². The van der Waals surface area contributed by atoms with Gasteiger partial charge in [0.25, 0.3) is 0 Å². The number of hydrogen-bond donors (Lipinski definition) is 1. The summed E-state index contributed by atoms with van der Waals surface area (Å²) >= 11 is 0.